The molecule has 119 heavy (non-hydrogen) atoms. The smallest absolute Gasteiger partial charge is 0.213 e. The summed E-state index contributed by atoms with van der Waals surface area (Å²) in [6.07, 6.45) is 36.6. The van der Waals surface area contributed by atoms with Crippen molar-refractivity contribution >= 4 is 0 Å². The van der Waals surface area contributed by atoms with E-state index in [4.69, 9.17) is 0 Å². The average molecular weight is 1690 g/mol. The summed E-state index contributed by atoms with van der Waals surface area (Å²) in [5.74, 6) is 0. The van der Waals surface area contributed by atoms with Gasteiger partial charge in [-0.2, -0.15) is 20.4 Å². The van der Waals surface area contributed by atoms with Gasteiger partial charge in [-0.15, -0.1) is 15.3 Å². The third kappa shape index (κ3) is 200. The lowest BCUT2D eigenvalue weighted by atomic mass is 10.0. The zero-order chi connectivity index (χ0) is 98.4. The van der Waals surface area contributed by atoms with Crippen molar-refractivity contribution in [1.29, 1.82) is 0 Å². The van der Waals surface area contributed by atoms with Gasteiger partial charge in [0.25, 0.3) is 0 Å². The molecule has 10 aromatic heterocycles. The van der Waals surface area contributed by atoms with Crippen LogP contribution in [0.3, 0.4) is 0 Å². The molecule has 0 aliphatic rings. The van der Waals surface area contributed by atoms with Crippen LogP contribution in [0.2, 0.25) is 0 Å². The molecule has 0 spiro atoms. The third-order valence-corrected chi connectivity index (χ3v) is 7.41. The average Bonchev–Trinajstić information content (AvgIpc) is 1.79. The molecule has 0 saturated carbocycles. The minimum Gasteiger partial charge on any atom is -0.431 e. The van der Waals surface area contributed by atoms with Gasteiger partial charge in [-0.05, 0) is 134 Å². The van der Waals surface area contributed by atoms with Crippen LogP contribution >= 0.6 is 0 Å². The van der Waals surface area contributed by atoms with Crippen LogP contribution in [0, 0.1) is 32.5 Å². The highest BCUT2D eigenvalue weighted by Crippen LogP contribution is 2.14. The molecular formula is C94H202N22O3. The van der Waals surface area contributed by atoms with E-state index in [1.807, 2.05) is 228 Å². The number of hydrogen-bond donors (Lipinski definition) is 0. The number of nitrogens with zero attached hydrogens (tertiary/aromatic N) is 22. The topological polar surface area (TPSA) is 267 Å². The largest absolute Gasteiger partial charge is 0.431 e. The molecular weight excluding hydrogens is 1490 g/mol. The SMILES string of the molecule is CC.CC.CC.CC.CC.CC.CC.CC.CC.CC.CC(C)(C)C.CC(C)(C)C.CC(C)(C)C.CC(C)(C)C.CC(C)(C)C.CC(C)(C)C.CC(C)(C)n1cccn1.CC(C)(C)n1ccnc1.CC(C)(C)n1ccnn1.CC(C)(C)n1cncn1.Cn1cccn1.Cn1ccnc1.Cn1cncn1.c1cnoc1.c1ncon1.c1nnco1. The lowest BCUT2D eigenvalue weighted by molar-refractivity contribution is 0.347. The van der Waals surface area contributed by atoms with E-state index in [9.17, 15) is 0 Å². The summed E-state index contributed by atoms with van der Waals surface area (Å²) in [5, 5.41) is 36.4. The monoisotopic (exact) mass is 1690 g/mol. The fourth-order valence-corrected chi connectivity index (χ4v) is 3.83. The Bertz CT molecular complexity index is 2540. The van der Waals surface area contributed by atoms with Crippen molar-refractivity contribution in [3.63, 3.8) is 0 Å². The quantitative estimate of drug-likeness (QED) is 0.136. The Balaban J connectivity index is -0.0000000673. The first-order valence-electron chi connectivity index (χ1n) is 43.2. The van der Waals surface area contributed by atoms with Crippen LogP contribution in [0.25, 0.3) is 0 Å². The van der Waals surface area contributed by atoms with Crippen molar-refractivity contribution in [3.8, 4) is 0 Å². The number of hydrogen-bond acceptors (Lipinski definition) is 18. The first-order valence-corrected chi connectivity index (χ1v) is 43.2. The second-order valence-corrected chi connectivity index (χ2v) is 35.6. The van der Waals surface area contributed by atoms with Crippen molar-refractivity contribution in [2.75, 3.05) is 0 Å². The summed E-state index contributed by atoms with van der Waals surface area (Å²) < 4.78 is 25.9. The summed E-state index contributed by atoms with van der Waals surface area (Å²) in [7, 11) is 5.65. The highest BCUT2D eigenvalue weighted by Gasteiger charge is 2.14. The van der Waals surface area contributed by atoms with E-state index in [1.54, 1.807) is 77.9 Å². The Kier molecular flexibility index (Phi) is 121. The standard InChI is InChI=1S/2C7H12N2.2C6H11N3.6C5H12.2C4H6N2.C3H5N3.C3H3NO.2C2H2N2O.10C2H6/c1-7(2,3)9-5-4-8-6-9;1-7(2,3)9-6-4-5-8-9;1-6(2,3)9-5-7-4-8-9;1-6(2,3)9-5-4-7-8-9;6*1-5(2,3)4;1-6-3-2-5-4-6;1-6-4-2-3-5-6;1-6-3-4-2-5-6;1-2-4-5-3-1;1-3-4-2-5-1;1-3-2-5-4-1;10*1-2/h2*4-6H,1-3H3;2*4-5H,1-3H3;6*1-4H3;2*2-4H,1H3;2-3H,1H3;1-3H;2*1-2H;10*1-2H3. The van der Waals surface area contributed by atoms with Crippen molar-refractivity contribution in [1.82, 2.24) is 109 Å². The molecule has 0 amide bonds. The third-order valence-electron chi connectivity index (χ3n) is 7.41. The Morgan fingerprint density at radius 3 is 0.731 bits per heavy atom. The highest BCUT2D eigenvalue weighted by molar-refractivity contribution is 4.84. The summed E-state index contributed by atoms with van der Waals surface area (Å²) in [6.45, 7) is 118. The molecule has 0 radical (unpaired) electrons. The van der Waals surface area contributed by atoms with Crippen molar-refractivity contribution in [2.45, 2.75) is 410 Å². The maximum absolute atomic E-state index is 4.36. The van der Waals surface area contributed by atoms with E-state index >= 15 is 0 Å². The van der Waals surface area contributed by atoms with Gasteiger partial charge in [0.05, 0.1) is 41.7 Å². The molecule has 0 fully saturated rings. The molecule has 0 N–H and O–H groups in total. The summed E-state index contributed by atoms with van der Waals surface area (Å²) >= 11 is 0. The first-order chi connectivity index (χ1) is 54.6. The lowest BCUT2D eigenvalue weighted by Crippen LogP contribution is -2.22. The molecule has 0 atom stereocenters. The Morgan fingerprint density at radius 2 is 0.613 bits per heavy atom. The molecule has 0 aliphatic heterocycles. The number of rotatable bonds is 0. The van der Waals surface area contributed by atoms with Crippen LogP contribution in [0.1, 0.15) is 388 Å². The van der Waals surface area contributed by atoms with Crippen LogP contribution in [-0.2, 0) is 43.3 Å². The van der Waals surface area contributed by atoms with E-state index in [0.29, 0.717) is 32.5 Å². The summed E-state index contributed by atoms with van der Waals surface area (Å²) in [4.78, 5) is 18.7. The zero-order valence-corrected chi connectivity index (χ0v) is 89.5. The molecule has 0 unspecified atom stereocenters. The number of aromatic nitrogens is 22. The maximum atomic E-state index is 4.36. The predicted molar refractivity (Wildman–Crippen MR) is 521 cm³/mol. The van der Waals surface area contributed by atoms with Gasteiger partial charge in [0, 0.05) is 82.5 Å². The molecule has 10 aromatic rings. The molecule has 10 heterocycles. The van der Waals surface area contributed by atoms with E-state index in [1.165, 1.54) is 38.1 Å². The van der Waals surface area contributed by atoms with Crippen LogP contribution in [0.4, 0.5) is 0 Å². The number of aryl methyl sites for hydroxylation is 3. The van der Waals surface area contributed by atoms with Gasteiger partial charge in [0.1, 0.15) is 31.6 Å². The van der Waals surface area contributed by atoms with Gasteiger partial charge < -0.3 is 22.6 Å². The molecule has 706 valence electrons. The van der Waals surface area contributed by atoms with E-state index < -0.39 is 0 Å². The van der Waals surface area contributed by atoms with Gasteiger partial charge in [-0.3, -0.25) is 14.0 Å². The van der Waals surface area contributed by atoms with Crippen LogP contribution < -0.4 is 0 Å². The summed E-state index contributed by atoms with van der Waals surface area (Å²) in [5.41, 5.74) is 3.44. The van der Waals surface area contributed by atoms with Gasteiger partial charge in [0.15, 0.2) is 6.33 Å². The molecule has 0 saturated heterocycles. The van der Waals surface area contributed by atoms with Crippen LogP contribution in [0.15, 0.2) is 170 Å². The Hall–Kier alpha value is -8.25. The van der Waals surface area contributed by atoms with Crippen LogP contribution in [-0.4, -0.2) is 109 Å². The second kappa shape index (κ2) is 96.9. The van der Waals surface area contributed by atoms with Gasteiger partial charge in [-0.1, -0.05) is 320 Å². The summed E-state index contributed by atoms with van der Waals surface area (Å²) in [6, 6.07) is 5.55. The second-order valence-electron chi connectivity index (χ2n) is 35.6. The van der Waals surface area contributed by atoms with Crippen molar-refractivity contribution in [2.24, 2.45) is 53.6 Å². The number of imidazole rings is 2. The molecule has 25 heteroatoms. The van der Waals surface area contributed by atoms with Crippen LogP contribution in [0.5, 0.6) is 0 Å². The first kappa shape index (κ1) is 149. The lowest BCUT2D eigenvalue weighted by Gasteiger charge is -2.19. The van der Waals surface area contributed by atoms with Gasteiger partial charge >= 0.3 is 0 Å². The van der Waals surface area contributed by atoms with E-state index in [0.717, 1.165) is 0 Å². The maximum Gasteiger partial charge on any atom is 0.213 e. The predicted octanol–water partition coefficient (Wildman–Crippen LogP) is 29.4. The van der Waals surface area contributed by atoms with Crippen molar-refractivity contribution < 1.29 is 13.5 Å². The van der Waals surface area contributed by atoms with Gasteiger partial charge in [-0.25, -0.2) is 34.3 Å². The minimum atomic E-state index is 0.0660. The molecule has 0 bridgehead atoms. The van der Waals surface area contributed by atoms with Crippen molar-refractivity contribution in [3.05, 3.63) is 156 Å². The molecule has 0 aromatic carbocycles. The Morgan fingerprint density at radius 1 is 0.244 bits per heavy atom. The van der Waals surface area contributed by atoms with Gasteiger partial charge in [0.2, 0.25) is 19.2 Å². The minimum absolute atomic E-state index is 0.0660. The molecule has 0 aliphatic carbocycles. The molecule has 10 rings (SSSR count). The molecule has 25 nitrogen and oxygen atoms in total. The fraction of sp³-hybridized carbons (Fsp3) is 0.734. The van der Waals surface area contributed by atoms with E-state index in [2.05, 4.69) is 343 Å². The zero-order valence-electron chi connectivity index (χ0n) is 89.5. The Labute approximate surface area is 738 Å². The normalized spacial score (nSPS) is 9.47. The highest BCUT2D eigenvalue weighted by atomic mass is 16.5. The fourth-order valence-electron chi connectivity index (χ4n) is 3.83. The van der Waals surface area contributed by atoms with E-state index in [-0.39, 0.29) is 22.2 Å².